The van der Waals surface area contributed by atoms with Gasteiger partial charge in [-0.2, -0.15) is 5.10 Å². The summed E-state index contributed by atoms with van der Waals surface area (Å²) in [7, 11) is 0. The lowest BCUT2D eigenvalue weighted by Gasteiger charge is -2.13. The van der Waals surface area contributed by atoms with Gasteiger partial charge < -0.3 is 11.5 Å². The molecule has 4 N–H and O–H groups in total. The van der Waals surface area contributed by atoms with Crippen LogP contribution in [0.25, 0.3) is 22.0 Å². The van der Waals surface area contributed by atoms with Crippen LogP contribution in [0.2, 0.25) is 0 Å². The Morgan fingerprint density at radius 2 is 1.83 bits per heavy atom. The zero-order chi connectivity index (χ0) is 21.4. The van der Waals surface area contributed by atoms with E-state index in [1.807, 2.05) is 0 Å². The van der Waals surface area contributed by atoms with Crippen molar-refractivity contribution < 1.29 is 14.0 Å². The van der Waals surface area contributed by atoms with Crippen LogP contribution >= 0.6 is 0 Å². The van der Waals surface area contributed by atoms with E-state index in [0.717, 1.165) is 0 Å². The molecule has 4 aromatic rings. The van der Waals surface area contributed by atoms with Crippen LogP contribution in [0.4, 0.5) is 4.39 Å². The predicted molar refractivity (Wildman–Crippen MR) is 110 cm³/mol. The molecular weight excluding hydrogens is 385 g/mol. The Morgan fingerprint density at radius 3 is 2.53 bits per heavy atom. The first-order chi connectivity index (χ1) is 14.3. The molecule has 0 unspecified atom stereocenters. The van der Waals surface area contributed by atoms with E-state index >= 15 is 0 Å². The highest BCUT2D eigenvalue weighted by Gasteiger charge is 2.25. The lowest BCUT2D eigenvalue weighted by molar-refractivity contribution is 0.0996. The Hall–Kier alpha value is -4.07. The van der Waals surface area contributed by atoms with Crippen molar-refractivity contribution in [1.29, 1.82) is 0 Å². The first kappa shape index (κ1) is 19.3. The number of fused-ring (bicyclic) bond motifs is 1. The molecule has 0 atom stereocenters. The van der Waals surface area contributed by atoms with Crippen LogP contribution in [0, 0.1) is 12.7 Å². The Bertz CT molecular complexity index is 1310. The number of nitrogens with two attached hydrogens (primary N) is 2. The van der Waals surface area contributed by atoms with Crippen LogP contribution in [-0.2, 0) is 6.54 Å². The number of hydrogen-bond acceptors (Lipinski definition) is 4. The fourth-order valence-corrected chi connectivity index (χ4v) is 3.58. The highest BCUT2D eigenvalue weighted by Crippen LogP contribution is 2.33. The molecule has 30 heavy (non-hydrogen) atoms. The van der Waals surface area contributed by atoms with Crippen molar-refractivity contribution in [2.45, 2.75) is 13.5 Å². The van der Waals surface area contributed by atoms with Crippen molar-refractivity contribution in [3.63, 3.8) is 0 Å². The van der Waals surface area contributed by atoms with Crippen molar-refractivity contribution in [2.75, 3.05) is 0 Å². The van der Waals surface area contributed by atoms with Gasteiger partial charge in [-0.15, -0.1) is 0 Å². The number of nitrogens with zero attached hydrogens (tertiary/aromatic N) is 3. The van der Waals surface area contributed by atoms with Crippen molar-refractivity contribution in [3.05, 3.63) is 83.1 Å². The first-order valence-corrected chi connectivity index (χ1v) is 9.16. The maximum absolute atomic E-state index is 13.5. The van der Waals surface area contributed by atoms with Gasteiger partial charge in [-0.3, -0.25) is 14.3 Å². The molecule has 0 radical (unpaired) electrons. The third-order valence-electron chi connectivity index (χ3n) is 4.82. The molecule has 2 aromatic carbocycles. The SMILES string of the molecule is Cc1nn(Cc2cccc(F)c2)cc1-c1c(C(N)=O)nc2ccccc2c1C(N)=O. The average Bonchev–Trinajstić information content (AvgIpc) is 3.05. The minimum Gasteiger partial charge on any atom is -0.366 e. The molecular formula is C22H18FN5O2. The van der Waals surface area contributed by atoms with Crippen molar-refractivity contribution in [3.8, 4) is 11.1 Å². The number of halogens is 1. The van der Waals surface area contributed by atoms with Gasteiger partial charge in [-0.25, -0.2) is 9.37 Å². The molecule has 0 fully saturated rings. The Labute approximate surface area is 171 Å². The van der Waals surface area contributed by atoms with Gasteiger partial charge in [-0.1, -0.05) is 30.3 Å². The summed E-state index contributed by atoms with van der Waals surface area (Å²) in [6, 6.07) is 13.1. The average molecular weight is 403 g/mol. The molecule has 0 saturated heterocycles. The number of benzene rings is 2. The van der Waals surface area contributed by atoms with E-state index in [1.165, 1.54) is 12.1 Å². The highest BCUT2D eigenvalue weighted by atomic mass is 19.1. The van der Waals surface area contributed by atoms with Crippen LogP contribution in [0.3, 0.4) is 0 Å². The number of rotatable bonds is 5. The number of para-hydroxylation sites is 1. The quantitative estimate of drug-likeness (QED) is 0.533. The first-order valence-electron chi connectivity index (χ1n) is 9.16. The molecule has 0 saturated carbocycles. The van der Waals surface area contributed by atoms with Crippen LogP contribution in [0.15, 0.2) is 54.7 Å². The van der Waals surface area contributed by atoms with E-state index in [1.54, 1.807) is 54.2 Å². The number of amides is 2. The van der Waals surface area contributed by atoms with Crippen molar-refractivity contribution in [2.24, 2.45) is 11.5 Å². The van der Waals surface area contributed by atoms with Gasteiger partial charge in [0.05, 0.1) is 23.3 Å². The summed E-state index contributed by atoms with van der Waals surface area (Å²) in [5.41, 5.74) is 13.8. The second-order valence-electron chi connectivity index (χ2n) is 6.91. The fraction of sp³-hybridized carbons (Fsp3) is 0.0909. The highest BCUT2D eigenvalue weighted by molar-refractivity contribution is 6.15. The van der Waals surface area contributed by atoms with Crippen LogP contribution in [0.5, 0.6) is 0 Å². The topological polar surface area (TPSA) is 117 Å². The standard InChI is InChI=1S/C22H18FN5O2/c1-12-16(11-28(27-12)10-13-5-4-6-14(23)9-13)18-19(21(24)29)15-7-2-3-8-17(15)26-20(18)22(25)30/h2-9,11H,10H2,1H3,(H2,24,29)(H2,25,30). The van der Waals surface area contributed by atoms with Crippen LogP contribution in [-0.4, -0.2) is 26.6 Å². The Balaban J connectivity index is 1.94. The summed E-state index contributed by atoms with van der Waals surface area (Å²) in [6.45, 7) is 2.04. The number of aromatic nitrogens is 3. The summed E-state index contributed by atoms with van der Waals surface area (Å²) in [6.07, 6.45) is 1.67. The number of aryl methyl sites for hydroxylation is 1. The van der Waals surface area contributed by atoms with Crippen molar-refractivity contribution >= 4 is 22.7 Å². The molecule has 0 bridgehead atoms. The van der Waals surface area contributed by atoms with Gasteiger partial charge in [0.25, 0.3) is 5.91 Å². The molecule has 2 amide bonds. The summed E-state index contributed by atoms with van der Waals surface area (Å²) >= 11 is 0. The lowest BCUT2D eigenvalue weighted by atomic mass is 9.94. The maximum Gasteiger partial charge on any atom is 0.267 e. The molecule has 0 aliphatic rings. The molecule has 0 spiro atoms. The molecule has 7 nitrogen and oxygen atoms in total. The summed E-state index contributed by atoms with van der Waals surface area (Å²) in [5.74, 6) is -1.83. The lowest BCUT2D eigenvalue weighted by Crippen LogP contribution is -2.20. The monoisotopic (exact) mass is 403 g/mol. The van der Waals surface area contributed by atoms with E-state index in [4.69, 9.17) is 11.5 Å². The minimum atomic E-state index is -0.782. The summed E-state index contributed by atoms with van der Waals surface area (Å²) < 4.78 is 15.1. The molecule has 0 aliphatic carbocycles. The Kier molecular flexibility index (Phi) is 4.75. The maximum atomic E-state index is 13.5. The largest absolute Gasteiger partial charge is 0.366 e. The van der Waals surface area contributed by atoms with Gasteiger partial charge >= 0.3 is 0 Å². The molecule has 2 aromatic heterocycles. The van der Waals surface area contributed by atoms with E-state index in [2.05, 4.69) is 10.1 Å². The smallest absolute Gasteiger partial charge is 0.267 e. The minimum absolute atomic E-state index is 0.0593. The van der Waals surface area contributed by atoms with Gasteiger partial charge in [0.15, 0.2) is 0 Å². The Morgan fingerprint density at radius 1 is 1.07 bits per heavy atom. The molecule has 4 rings (SSSR count). The number of carbonyl (C=O) groups is 2. The summed E-state index contributed by atoms with van der Waals surface area (Å²) in [4.78, 5) is 29.0. The van der Waals surface area contributed by atoms with E-state index in [9.17, 15) is 14.0 Å². The van der Waals surface area contributed by atoms with Crippen LogP contribution in [0.1, 0.15) is 32.1 Å². The van der Waals surface area contributed by atoms with E-state index in [-0.39, 0.29) is 22.6 Å². The second-order valence-corrected chi connectivity index (χ2v) is 6.91. The second kappa shape index (κ2) is 7.40. The normalized spacial score (nSPS) is 11.0. The number of pyridine rings is 1. The summed E-state index contributed by atoms with van der Waals surface area (Å²) in [5, 5.41) is 4.97. The number of hydrogen-bond donors (Lipinski definition) is 2. The van der Waals surface area contributed by atoms with Crippen LogP contribution < -0.4 is 11.5 Å². The fourth-order valence-electron chi connectivity index (χ4n) is 3.58. The molecule has 0 aliphatic heterocycles. The van der Waals surface area contributed by atoms with Crippen molar-refractivity contribution in [1.82, 2.24) is 14.8 Å². The van der Waals surface area contributed by atoms with Gasteiger partial charge in [0.1, 0.15) is 11.5 Å². The van der Waals surface area contributed by atoms with Gasteiger partial charge in [0, 0.05) is 22.7 Å². The molecule has 2 heterocycles. The zero-order valence-electron chi connectivity index (χ0n) is 16.1. The number of carbonyl (C=O) groups excluding carboxylic acids is 2. The predicted octanol–water partition coefficient (Wildman–Crippen LogP) is 2.79. The molecule has 8 heteroatoms. The van der Waals surface area contributed by atoms with E-state index in [0.29, 0.717) is 34.3 Å². The van der Waals surface area contributed by atoms with E-state index < -0.39 is 11.8 Å². The van der Waals surface area contributed by atoms with Gasteiger partial charge in [-0.05, 0) is 30.7 Å². The zero-order valence-corrected chi connectivity index (χ0v) is 16.1. The molecule has 150 valence electrons. The van der Waals surface area contributed by atoms with Gasteiger partial charge in [0.2, 0.25) is 5.91 Å². The third-order valence-corrected chi connectivity index (χ3v) is 4.82. The number of primary amides is 2. The third kappa shape index (κ3) is 3.39.